The molecule has 1 aromatic heterocycles. The zero-order chi connectivity index (χ0) is 13.7. The second-order valence-corrected chi connectivity index (χ2v) is 5.30. The van der Waals surface area contributed by atoms with Gasteiger partial charge in [-0.15, -0.1) is 0 Å². The highest BCUT2D eigenvalue weighted by molar-refractivity contribution is 7.99. The van der Waals surface area contributed by atoms with Crippen molar-refractivity contribution in [1.29, 1.82) is 0 Å². The van der Waals surface area contributed by atoms with E-state index in [-0.39, 0.29) is 17.6 Å². The van der Waals surface area contributed by atoms with E-state index in [4.69, 9.17) is 5.11 Å². The number of nitrogens with one attached hydrogen (secondary N) is 1. The molecule has 0 saturated carbocycles. The summed E-state index contributed by atoms with van der Waals surface area (Å²) in [6.07, 6.45) is 4.87. The molecule has 1 saturated heterocycles. The standard InChI is InChI=1S/C13H14N2O3S/c16-11(17)4-3-9-2-1-6-14-12(9)13(18)15-10-5-7-19-8-10/h1-4,6,10H,5,7-8H2,(H,15,18)(H,16,17)/b4-3+. The molecule has 6 heteroatoms. The molecule has 2 N–H and O–H groups in total. The zero-order valence-electron chi connectivity index (χ0n) is 10.2. The summed E-state index contributed by atoms with van der Waals surface area (Å²) in [6, 6.07) is 3.52. The van der Waals surface area contributed by atoms with Crippen molar-refractivity contribution in [2.45, 2.75) is 12.5 Å². The lowest BCUT2D eigenvalue weighted by molar-refractivity contribution is -0.131. The quantitative estimate of drug-likeness (QED) is 0.814. The van der Waals surface area contributed by atoms with Crippen LogP contribution in [0.25, 0.3) is 6.08 Å². The number of rotatable bonds is 4. The lowest BCUT2D eigenvalue weighted by Crippen LogP contribution is -2.35. The smallest absolute Gasteiger partial charge is 0.328 e. The Bertz CT molecular complexity index is 510. The summed E-state index contributed by atoms with van der Waals surface area (Å²) in [5.74, 6) is 0.665. The average Bonchev–Trinajstić information content (AvgIpc) is 2.89. The van der Waals surface area contributed by atoms with Gasteiger partial charge in [-0.2, -0.15) is 11.8 Å². The Labute approximate surface area is 115 Å². The lowest BCUT2D eigenvalue weighted by atomic mass is 10.1. The number of carboxylic acid groups (broad SMARTS) is 1. The molecule has 1 aromatic rings. The molecule has 0 aliphatic carbocycles. The van der Waals surface area contributed by atoms with Gasteiger partial charge in [-0.3, -0.25) is 9.78 Å². The molecule has 19 heavy (non-hydrogen) atoms. The summed E-state index contributed by atoms with van der Waals surface area (Å²) in [4.78, 5) is 26.7. The SMILES string of the molecule is O=C(O)/C=C/c1cccnc1C(=O)NC1CCSC1. The number of carboxylic acids is 1. The fraction of sp³-hybridized carbons (Fsp3) is 0.308. The minimum Gasteiger partial charge on any atom is -0.478 e. The van der Waals surface area contributed by atoms with Crippen molar-refractivity contribution in [3.63, 3.8) is 0 Å². The maximum absolute atomic E-state index is 12.1. The largest absolute Gasteiger partial charge is 0.478 e. The highest BCUT2D eigenvalue weighted by Gasteiger charge is 2.20. The van der Waals surface area contributed by atoms with E-state index in [0.717, 1.165) is 24.0 Å². The molecule has 1 amide bonds. The van der Waals surface area contributed by atoms with Crippen LogP contribution in [0.3, 0.4) is 0 Å². The van der Waals surface area contributed by atoms with E-state index in [9.17, 15) is 9.59 Å². The minimum absolute atomic E-state index is 0.177. The molecule has 0 radical (unpaired) electrons. The predicted molar refractivity (Wildman–Crippen MR) is 74.1 cm³/mol. The Hall–Kier alpha value is -1.82. The topological polar surface area (TPSA) is 79.3 Å². The second kappa shape index (κ2) is 6.38. The van der Waals surface area contributed by atoms with Crippen LogP contribution in [-0.2, 0) is 4.79 Å². The minimum atomic E-state index is -1.05. The number of hydrogen-bond donors (Lipinski definition) is 2. The molecule has 2 rings (SSSR count). The number of aromatic nitrogens is 1. The van der Waals surface area contributed by atoms with E-state index < -0.39 is 5.97 Å². The van der Waals surface area contributed by atoms with Crippen LogP contribution in [0.1, 0.15) is 22.5 Å². The van der Waals surface area contributed by atoms with Gasteiger partial charge in [0.05, 0.1) is 0 Å². The Balaban J connectivity index is 2.13. The number of aliphatic carboxylic acids is 1. The number of carbonyl (C=O) groups is 2. The number of hydrogen-bond acceptors (Lipinski definition) is 4. The molecule has 0 aromatic carbocycles. The summed E-state index contributed by atoms with van der Waals surface area (Å²) < 4.78 is 0. The first-order valence-corrected chi connectivity index (χ1v) is 7.07. The number of amides is 1. The van der Waals surface area contributed by atoms with Gasteiger partial charge < -0.3 is 10.4 Å². The van der Waals surface area contributed by atoms with E-state index in [2.05, 4.69) is 10.3 Å². The maximum atomic E-state index is 12.1. The van der Waals surface area contributed by atoms with Crippen LogP contribution in [0.15, 0.2) is 24.4 Å². The second-order valence-electron chi connectivity index (χ2n) is 4.15. The van der Waals surface area contributed by atoms with Gasteiger partial charge in [-0.1, -0.05) is 6.07 Å². The van der Waals surface area contributed by atoms with Crippen LogP contribution in [0.4, 0.5) is 0 Å². The third-order valence-electron chi connectivity index (χ3n) is 2.72. The van der Waals surface area contributed by atoms with Gasteiger partial charge in [0, 0.05) is 29.6 Å². The predicted octanol–water partition coefficient (Wildman–Crippen LogP) is 1.41. The van der Waals surface area contributed by atoms with Gasteiger partial charge in [0.1, 0.15) is 5.69 Å². The van der Waals surface area contributed by atoms with Crippen molar-refractivity contribution in [2.75, 3.05) is 11.5 Å². The fourth-order valence-corrected chi connectivity index (χ4v) is 2.96. The van der Waals surface area contributed by atoms with Gasteiger partial charge in [0.25, 0.3) is 5.91 Å². The molecule has 0 bridgehead atoms. The highest BCUT2D eigenvalue weighted by atomic mass is 32.2. The zero-order valence-corrected chi connectivity index (χ0v) is 11.0. The number of nitrogens with zero attached hydrogens (tertiary/aromatic N) is 1. The van der Waals surface area contributed by atoms with Gasteiger partial charge in [0.15, 0.2) is 0 Å². The number of carbonyl (C=O) groups excluding carboxylic acids is 1. The fourth-order valence-electron chi connectivity index (χ4n) is 1.81. The molecule has 2 heterocycles. The van der Waals surface area contributed by atoms with E-state index in [1.165, 1.54) is 12.3 Å². The summed E-state index contributed by atoms with van der Waals surface area (Å²) in [6.45, 7) is 0. The Kier molecular flexibility index (Phi) is 4.57. The molecule has 1 unspecified atom stereocenters. The van der Waals surface area contributed by atoms with Crippen molar-refractivity contribution in [3.05, 3.63) is 35.7 Å². The van der Waals surface area contributed by atoms with Crippen molar-refractivity contribution >= 4 is 29.7 Å². The van der Waals surface area contributed by atoms with E-state index in [1.54, 1.807) is 12.1 Å². The Morgan fingerprint density at radius 2 is 2.37 bits per heavy atom. The summed E-state index contributed by atoms with van der Waals surface area (Å²) in [5, 5.41) is 11.5. The highest BCUT2D eigenvalue weighted by Crippen LogP contribution is 2.18. The first-order chi connectivity index (χ1) is 9.16. The number of thioether (sulfide) groups is 1. The average molecular weight is 278 g/mol. The molecule has 100 valence electrons. The molecule has 1 fully saturated rings. The summed E-state index contributed by atoms with van der Waals surface area (Å²) in [5.41, 5.74) is 0.768. The van der Waals surface area contributed by atoms with Crippen molar-refractivity contribution in [3.8, 4) is 0 Å². The molecule has 5 nitrogen and oxygen atoms in total. The molecule has 1 aliphatic rings. The van der Waals surface area contributed by atoms with Crippen molar-refractivity contribution < 1.29 is 14.7 Å². The van der Waals surface area contributed by atoms with E-state index >= 15 is 0 Å². The van der Waals surface area contributed by atoms with Gasteiger partial charge >= 0.3 is 5.97 Å². The van der Waals surface area contributed by atoms with Crippen LogP contribution in [0.5, 0.6) is 0 Å². The molecular formula is C13H14N2O3S. The molecule has 1 aliphatic heterocycles. The molecule has 1 atom stereocenters. The first-order valence-electron chi connectivity index (χ1n) is 5.91. The van der Waals surface area contributed by atoms with E-state index in [0.29, 0.717) is 5.56 Å². The van der Waals surface area contributed by atoms with Gasteiger partial charge in [0.2, 0.25) is 0 Å². The lowest BCUT2D eigenvalue weighted by Gasteiger charge is -2.11. The van der Waals surface area contributed by atoms with Crippen LogP contribution in [0.2, 0.25) is 0 Å². The summed E-state index contributed by atoms with van der Waals surface area (Å²) in [7, 11) is 0. The van der Waals surface area contributed by atoms with Gasteiger partial charge in [-0.25, -0.2) is 4.79 Å². The normalized spacial score (nSPS) is 18.6. The third-order valence-corrected chi connectivity index (χ3v) is 3.89. The monoisotopic (exact) mass is 278 g/mol. The Morgan fingerprint density at radius 3 is 3.05 bits per heavy atom. The number of pyridine rings is 1. The Morgan fingerprint density at radius 1 is 1.53 bits per heavy atom. The maximum Gasteiger partial charge on any atom is 0.328 e. The van der Waals surface area contributed by atoms with E-state index in [1.807, 2.05) is 11.8 Å². The van der Waals surface area contributed by atoms with Gasteiger partial charge in [-0.05, 0) is 24.3 Å². The van der Waals surface area contributed by atoms with Crippen LogP contribution in [0, 0.1) is 0 Å². The summed E-state index contributed by atoms with van der Waals surface area (Å²) >= 11 is 1.81. The third kappa shape index (κ3) is 3.82. The first kappa shape index (κ1) is 13.6. The van der Waals surface area contributed by atoms with Crippen LogP contribution >= 0.6 is 11.8 Å². The van der Waals surface area contributed by atoms with Crippen molar-refractivity contribution in [2.24, 2.45) is 0 Å². The molecule has 0 spiro atoms. The van der Waals surface area contributed by atoms with Crippen molar-refractivity contribution in [1.82, 2.24) is 10.3 Å². The van der Waals surface area contributed by atoms with Crippen LogP contribution in [-0.4, -0.2) is 39.5 Å². The van der Waals surface area contributed by atoms with Crippen LogP contribution < -0.4 is 5.32 Å². The molecular weight excluding hydrogens is 264 g/mol.